The van der Waals surface area contributed by atoms with E-state index in [1.165, 1.54) is 0 Å². The van der Waals surface area contributed by atoms with E-state index < -0.39 is 18.2 Å². The van der Waals surface area contributed by atoms with Gasteiger partial charge < -0.3 is 4.74 Å². The molecule has 102 valence electrons. The van der Waals surface area contributed by atoms with E-state index in [0.29, 0.717) is 17.0 Å². The van der Waals surface area contributed by atoms with Gasteiger partial charge >= 0.3 is 5.97 Å². The van der Waals surface area contributed by atoms with E-state index in [1.54, 1.807) is 31.2 Å². The van der Waals surface area contributed by atoms with Gasteiger partial charge in [0.2, 0.25) is 6.36 Å². The predicted molar refractivity (Wildman–Crippen MR) is 70.3 cm³/mol. The maximum atomic E-state index is 13.1. The molecule has 0 amide bonds. The van der Waals surface area contributed by atoms with Crippen LogP contribution in [0, 0.1) is 11.3 Å². The maximum absolute atomic E-state index is 13.1. The standard InChI is InChI=1S/C14H15ClFNO2/c1-2-5-13(16)19-14(18)8-10(9-17)11-6-3-4-7-12(11)15/h3-4,6-7,10,13H,2,5,8H2,1H3. The van der Waals surface area contributed by atoms with Gasteiger partial charge in [-0.25, -0.2) is 4.39 Å². The van der Waals surface area contributed by atoms with Crippen molar-refractivity contribution in [3.05, 3.63) is 34.9 Å². The molecule has 0 fully saturated rings. The van der Waals surface area contributed by atoms with Crippen molar-refractivity contribution in [3.8, 4) is 6.07 Å². The summed E-state index contributed by atoms with van der Waals surface area (Å²) in [6.45, 7) is 1.79. The molecule has 0 spiro atoms. The number of nitriles is 1. The predicted octanol–water partition coefficient (Wildman–Crippen LogP) is 3.98. The summed E-state index contributed by atoms with van der Waals surface area (Å²) in [5.74, 6) is -1.46. The van der Waals surface area contributed by atoms with Crippen LogP contribution < -0.4 is 0 Å². The molecule has 19 heavy (non-hydrogen) atoms. The smallest absolute Gasteiger partial charge is 0.309 e. The molecule has 2 atom stereocenters. The van der Waals surface area contributed by atoms with Crippen LogP contribution >= 0.6 is 11.6 Å². The van der Waals surface area contributed by atoms with Gasteiger partial charge in [-0.3, -0.25) is 4.79 Å². The molecule has 1 rings (SSSR count). The number of hydrogen-bond acceptors (Lipinski definition) is 3. The zero-order valence-electron chi connectivity index (χ0n) is 10.6. The number of nitrogens with zero attached hydrogens (tertiary/aromatic N) is 1. The zero-order valence-corrected chi connectivity index (χ0v) is 11.4. The fraction of sp³-hybridized carbons (Fsp3) is 0.429. The summed E-state index contributed by atoms with van der Waals surface area (Å²) in [7, 11) is 0. The lowest BCUT2D eigenvalue weighted by atomic mass is 9.97. The SMILES string of the molecule is CCCC(F)OC(=O)CC(C#N)c1ccccc1Cl. The summed E-state index contributed by atoms with van der Waals surface area (Å²) in [5.41, 5.74) is 0.550. The molecule has 0 saturated carbocycles. The Kier molecular flexibility index (Phi) is 6.31. The number of carbonyl (C=O) groups excluding carboxylic acids is 1. The Morgan fingerprint density at radius 3 is 2.79 bits per heavy atom. The molecule has 2 unspecified atom stereocenters. The lowest BCUT2D eigenvalue weighted by Crippen LogP contribution is -2.16. The van der Waals surface area contributed by atoms with Gasteiger partial charge in [-0.15, -0.1) is 0 Å². The molecule has 0 heterocycles. The van der Waals surface area contributed by atoms with E-state index in [1.807, 2.05) is 6.07 Å². The molecule has 0 aromatic heterocycles. The highest BCUT2D eigenvalue weighted by Gasteiger charge is 2.21. The summed E-state index contributed by atoms with van der Waals surface area (Å²) >= 11 is 5.96. The van der Waals surface area contributed by atoms with Crippen molar-refractivity contribution in [3.63, 3.8) is 0 Å². The van der Waals surface area contributed by atoms with Crippen LogP contribution in [0.1, 0.15) is 37.7 Å². The number of carbonyl (C=O) groups is 1. The van der Waals surface area contributed by atoms with Gasteiger partial charge in [0.1, 0.15) is 0 Å². The van der Waals surface area contributed by atoms with Crippen LogP contribution in [0.5, 0.6) is 0 Å². The number of benzene rings is 1. The first-order chi connectivity index (χ1) is 9.08. The second-order valence-corrected chi connectivity index (χ2v) is 4.50. The molecule has 0 bridgehead atoms. The molecule has 0 radical (unpaired) electrons. The second-order valence-electron chi connectivity index (χ2n) is 4.10. The van der Waals surface area contributed by atoms with Gasteiger partial charge in [0.05, 0.1) is 18.4 Å². The molecule has 0 aliphatic heterocycles. The van der Waals surface area contributed by atoms with Crippen LogP contribution in [0.3, 0.4) is 0 Å². The number of esters is 1. The monoisotopic (exact) mass is 283 g/mol. The van der Waals surface area contributed by atoms with Crippen molar-refractivity contribution in [2.75, 3.05) is 0 Å². The lowest BCUT2D eigenvalue weighted by molar-refractivity contribution is -0.158. The van der Waals surface area contributed by atoms with Crippen LogP contribution in [-0.4, -0.2) is 12.3 Å². The fourth-order valence-electron chi connectivity index (χ4n) is 1.63. The minimum absolute atomic E-state index is 0.162. The maximum Gasteiger partial charge on any atom is 0.309 e. The fourth-order valence-corrected chi connectivity index (χ4v) is 1.89. The molecule has 5 heteroatoms. The first-order valence-electron chi connectivity index (χ1n) is 6.06. The van der Waals surface area contributed by atoms with Crippen molar-refractivity contribution in [2.45, 2.75) is 38.5 Å². The van der Waals surface area contributed by atoms with E-state index in [-0.39, 0.29) is 12.8 Å². The molecule has 0 N–H and O–H groups in total. The highest BCUT2D eigenvalue weighted by molar-refractivity contribution is 6.31. The Balaban J connectivity index is 2.66. The Bertz CT molecular complexity index is 473. The average Bonchev–Trinajstić information content (AvgIpc) is 2.37. The highest BCUT2D eigenvalue weighted by Crippen LogP contribution is 2.27. The molecular weight excluding hydrogens is 269 g/mol. The highest BCUT2D eigenvalue weighted by atomic mass is 35.5. The average molecular weight is 284 g/mol. The van der Waals surface area contributed by atoms with Crippen molar-refractivity contribution in [2.24, 2.45) is 0 Å². The summed E-state index contributed by atoms with van der Waals surface area (Å²) in [6, 6.07) is 8.76. The van der Waals surface area contributed by atoms with Crippen molar-refractivity contribution < 1.29 is 13.9 Å². The van der Waals surface area contributed by atoms with Gasteiger partial charge in [0.25, 0.3) is 0 Å². The number of halogens is 2. The third-order valence-electron chi connectivity index (χ3n) is 2.58. The minimum Gasteiger partial charge on any atom is -0.431 e. The molecule has 3 nitrogen and oxygen atoms in total. The van der Waals surface area contributed by atoms with Crippen molar-refractivity contribution in [1.82, 2.24) is 0 Å². The largest absolute Gasteiger partial charge is 0.431 e. The van der Waals surface area contributed by atoms with Gasteiger partial charge in [-0.2, -0.15) is 5.26 Å². The molecule has 0 aliphatic rings. The number of alkyl halides is 1. The van der Waals surface area contributed by atoms with Gasteiger partial charge in [-0.1, -0.05) is 36.7 Å². The van der Waals surface area contributed by atoms with Crippen LogP contribution in [0.2, 0.25) is 5.02 Å². The second kappa shape index (κ2) is 7.75. The molecule has 0 aliphatic carbocycles. The summed E-state index contributed by atoms with van der Waals surface area (Å²) in [4.78, 5) is 11.5. The van der Waals surface area contributed by atoms with Crippen LogP contribution in [0.4, 0.5) is 4.39 Å². The first-order valence-corrected chi connectivity index (χ1v) is 6.43. The Morgan fingerprint density at radius 2 is 2.21 bits per heavy atom. The molecule has 1 aromatic carbocycles. The summed E-state index contributed by atoms with van der Waals surface area (Å²) in [5, 5.41) is 9.49. The van der Waals surface area contributed by atoms with Crippen LogP contribution in [-0.2, 0) is 9.53 Å². The Labute approximate surface area is 116 Å². The molecule has 0 saturated heterocycles. The number of hydrogen-bond donors (Lipinski definition) is 0. The Hall–Kier alpha value is -1.60. The molecule has 1 aromatic rings. The van der Waals surface area contributed by atoms with Gasteiger partial charge in [0, 0.05) is 11.4 Å². The lowest BCUT2D eigenvalue weighted by Gasteiger charge is -2.12. The first kappa shape index (κ1) is 15.5. The molecular formula is C14H15ClFNO2. The van der Waals surface area contributed by atoms with E-state index in [4.69, 9.17) is 16.9 Å². The Morgan fingerprint density at radius 1 is 1.53 bits per heavy atom. The van der Waals surface area contributed by atoms with Crippen LogP contribution in [0.15, 0.2) is 24.3 Å². The van der Waals surface area contributed by atoms with E-state index in [0.717, 1.165) is 0 Å². The van der Waals surface area contributed by atoms with Crippen LogP contribution in [0.25, 0.3) is 0 Å². The van der Waals surface area contributed by atoms with E-state index in [9.17, 15) is 9.18 Å². The quantitative estimate of drug-likeness (QED) is 0.742. The summed E-state index contributed by atoms with van der Waals surface area (Å²) in [6.07, 6.45) is -1.07. The summed E-state index contributed by atoms with van der Waals surface area (Å²) < 4.78 is 17.7. The number of rotatable bonds is 6. The topological polar surface area (TPSA) is 50.1 Å². The number of ether oxygens (including phenoxy) is 1. The van der Waals surface area contributed by atoms with Gasteiger partial charge in [-0.05, 0) is 18.1 Å². The minimum atomic E-state index is -1.61. The van der Waals surface area contributed by atoms with Crippen molar-refractivity contribution >= 4 is 17.6 Å². The van der Waals surface area contributed by atoms with Gasteiger partial charge in [0.15, 0.2) is 0 Å². The normalized spacial score (nSPS) is 13.4. The third kappa shape index (κ3) is 4.88. The van der Waals surface area contributed by atoms with E-state index >= 15 is 0 Å². The third-order valence-corrected chi connectivity index (χ3v) is 2.93. The van der Waals surface area contributed by atoms with E-state index in [2.05, 4.69) is 4.74 Å². The zero-order chi connectivity index (χ0) is 14.3. The van der Waals surface area contributed by atoms with Crippen molar-refractivity contribution in [1.29, 1.82) is 5.26 Å².